The van der Waals surface area contributed by atoms with Crippen LogP contribution in [0.25, 0.3) is 0 Å². The van der Waals surface area contributed by atoms with E-state index >= 15 is 0 Å². The van der Waals surface area contributed by atoms with Gasteiger partial charge in [-0.1, -0.05) is 0 Å². The standard InChI is InChI=1S/C4H8O.3C3H8O3/c1-2-4-5-3-1;3*4-1-3(6)2-5/h1-4H2;3*3-6H,1-2H2. The van der Waals surface area contributed by atoms with E-state index in [0.29, 0.717) is 0 Å². The van der Waals surface area contributed by atoms with Crippen molar-refractivity contribution in [3.8, 4) is 0 Å². The van der Waals surface area contributed by atoms with Crippen LogP contribution in [-0.2, 0) is 4.74 Å². The van der Waals surface area contributed by atoms with Gasteiger partial charge in [0.2, 0.25) is 0 Å². The van der Waals surface area contributed by atoms with Crippen molar-refractivity contribution < 1.29 is 50.7 Å². The lowest BCUT2D eigenvalue weighted by Crippen LogP contribution is -2.15. The lowest BCUT2D eigenvalue weighted by molar-refractivity contribution is 0.0450. The monoisotopic (exact) mass is 348 g/mol. The predicted molar refractivity (Wildman–Crippen MR) is 80.6 cm³/mol. The van der Waals surface area contributed by atoms with E-state index < -0.39 is 18.3 Å². The molecule has 0 saturated carbocycles. The molecule has 10 nitrogen and oxygen atoms in total. The van der Waals surface area contributed by atoms with Crippen LogP contribution in [0.4, 0.5) is 0 Å². The Hall–Kier alpha value is -0.400. The van der Waals surface area contributed by atoms with E-state index in [-0.39, 0.29) is 39.6 Å². The molecule has 1 aliphatic heterocycles. The fraction of sp³-hybridized carbons (Fsp3) is 1.00. The number of hydrogen-bond acceptors (Lipinski definition) is 10. The first-order chi connectivity index (χ1) is 10.9. The SMILES string of the molecule is C1CCOC1.OCC(O)CO.OCC(O)CO.OCC(O)CO. The van der Waals surface area contributed by atoms with Gasteiger partial charge in [-0.25, -0.2) is 0 Å². The second-order valence-electron chi connectivity index (χ2n) is 4.38. The molecule has 0 bridgehead atoms. The Morgan fingerprint density at radius 3 is 0.783 bits per heavy atom. The largest absolute Gasteiger partial charge is 0.394 e. The molecule has 0 aromatic heterocycles. The highest BCUT2D eigenvalue weighted by Crippen LogP contribution is 1.98. The average molecular weight is 348 g/mol. The number of ether oxygens (including phenoxy) is 1. The molecule has 1 heterocycles. The Kier molecular flexibility index (Phi) is 28.5. The highest BCUT2D eigenvalue weighted by Gasteiger charge is 1.95. The molecule has 0 spiro atoms. The minimum Gasteiger partial charge on any atom is -0.394 e. The van der Waals surface area contributed by atoms with Gasteiger partial charge in [0, 0.05) is 13.2 Å². The summed E-state index contributed by atoms with van der Waals surface area (Å²) in [5, 5.41) is 72.0. The summed E-state index contributed by atoms with van der Waals surface area (Å²) in [6, 6.07) is 0. The van der Waals surface area contributed by atoms with Crippen molar-refractivity contribution >= 4 is 0 Å². The predicted octanol–water partition coefficient (Wildman–Crippen LogP) is -4.21. The molecule has 144 valence electrons. The minimum absolute atomic E-state index is 0.365. The van der Waals surface area contributed by atoms with Crippen LogP contribution < -0.4 is 0 Å². The fourth-order valence-corrected chi connectivity index (χ4v) is 0.684. The van der Waals surface area contributed by atoms with E-state index in [1.807, 2.05) is 0 Å². The molecule has 0 aliphatic carbocycles. The van der Waals surface area contributed by atoms with E-state index in [9.17, 15) is 0 Å². The van der Waals surface area contributed by atoms with Crippen molar-refractivity contribution in [2.45, 2.75) is 31.2 Å². The summed E-state index contributed by atoms with van der Waals surface area (Å²) in [5.41, 5.74) is 0. The Bertz CT molecular complexity index is 148. The van der Waals surface area contributed by atoms with Crippen molar-refractivity contribution in [2.75, 3.05) is 52.9 Å². The molecular weight excluding hydrogens is 316 g/mol. The first-order valence-corrected chi connectivity index (χ1v) is 7.20. The van der Waals surface area contributed by atoms with Crippen molar-refractivity contribution in [2.24, 2.45) is 0 Å². The van der Waals surface area contributed by atoms with E-state index in [2.05, 4.69) is 0 Å². The first kappa shape index (κ1) is 27.4. The topological polar surface area (TPSA) is 191 Å². The highest BCUT2D eigenvalue weighted by molar-refractivity contribution is 4.45. The normalized spacial score (nSPS) is 13.0. The van der Waals surface area contributed by atoms with Crippen LogP contribution in [0.2, 0.25) is 0 Å². The molecule has 1 aliphatic rings. The van der Waals surface area contributed by atoms with E-state index in [1.54, 1.807) is 0 Å². The Balaban J connectivity index is -0.000000232. The number of hydrogen-bond donors (Lipinski definition) is 9. The maximum absolute atomic E-state index is 8.17. The van der Waals surface area contributed by atoms with Gasteiger partial charge in [-0.3, -0.25) is 0 Å². The van der Waals surface area contributed by atoms with Crippen LogP contribution in [-0.4, -0.2) is 117 Å². The number of rotatable bonds is 6. The van der Waals surface area contributed by atoms with Gasteiger partial charge in [-0.2, -0.15) is 0 Å². The van der Waals surface area contributed by atoms with Crippen molar-refractivity contribution in [3.05, 3.63) is 0 Å². The third kappa shape index (κ3) is 30.1. The lowest BCUT2D eigenvalue weighted by atomic mass is 10.4. The minimum atomic E-state index is -0.954. The molecule has 1 saturated heterocycles. The highest BCUT2D eigenvalue weighted by atomic mass is 16.5. The van der Waals surface area contributed by atoms with Gasteiger partial charge in [0.25, 0.3) is 0 Å². The smallest absolute Gasteiger partial charge is 0.100 e. The zero-order valence-electron chi connectivity index (χ0n) is 13.2. The molecule has 1 rings (SSSR count). The summed E-state index contributed by atoms with van der Waals surface area (Å²) in [6.07, 6.45) is -0.306. The van der Waals surface area contributed by atoms with Gasteiger partial charge in [0.1, 0.15) is 18.3 Å². The van der Waals surface area contributed by atoms with Gasteiger partial charge >= 0.3 is 0 Å². The van der Waals surface area contributed by atoms with Gasteiger partial charge in [-0.05, 0) is 12.8 Å². The van der Waals surface area contributed by atoms with Crippen LogP contribution in [0.15, 0.2) is 0 Å². The van der Waals surface area contributed by atoms with Crippen LogP contribution in [0.5, 0.6) is 0 Å². The van der Waals surface area contributed by atoms with Crippen molar-refractivity contribution in [3.63, 3.8) is 0 Å². The third-order valence-electron chi connectivity index (χ3n) is 2.09. The molecule has 10 heteroatoms. The molecule has 0 aromatic rings. The molecule has 1 fully saturated rings. The quantitative estimate of drug-likeness (QED) is 0.227. The average Bonchev–Trinajstić information content (AvgIpc) is 3.20. The summed E-state index contributed by atoms with van der Waals surface area (Å²) >= 11 is 0. The third-order valence-corrected chi connectivity index (χ3v) is 2.09. The van der Waals surface area contributed by atoms with Crippen LogP contribution in [0.1, 0.15) is 12.8 Å². The zero-order valence-corrected chi connectivity index (χ0v) is 13.2. The molecular formula is C13H32O10. The van der Waals surface area contributed by atoms with Gasteiger partial charge < -0.3 is 50.7 Å². The lowest BCUT2D eigenvalue weighted by Gasteiger charge is -1.96. The molecule has 23 heavy (non-hydrogen) atoms. The van der Waals surface area contributed by atoms with Gasteiger partial charge in [0.15, 0.2) is 0 Å². The summed E-state index contributed by atoms with van der Waals surface area (Å²) < 4.78 is 4.94. The summed E-state index contributed by atoms with van der Waals surface area (Å²) in [6.45, 7) is -0.187. The van der Waals surface area contributed by atoms with E-state index in [0.717, 1.165) is 13.2 Å². The van der Waals surface area contributed by atoms with Gasteiger partial charge in [-0.15, -0.1) is 0 Å². The number of aliphatic hydroxyl groups is 9. The zero-order chi connectivity index (χ0) is 18.5. The molecule has 9 N–H and O–H groups in total. The molecule has 0 atom stereocenters. The maximum atomic E-state index is 8.17. The van der Waals surface area contributed by atoms with Crippen LogP contribution in [0.3, 0.4) is 0 Å². The second-order valence-corrected chi connectivity index (χ2v) is 4.38. The first-order valence-electron chi connectivity index (χ1n) is 7.20. The summed E-state index contributed by atoms with van der Waals surface area (Å²) in [5.74, 6) is 0. The fourth-order valence-electron chi connectivity index (χ4n) is 0.684. The van der Waals surface area contributed by atoms with Crippen molar-refractivity contribution in [1.29, 1.82) is 0 Å². The second kappa shape index (κ2) is 23.9. The Morgan fingerprint density at radius 2 is 0.739 bits per heavy atom. The van der Waals surface area contributed by atoms with Gasteiger partial charge in [0.05, 0.1) is 39.6 Å². The molecule has 0 amide bonds. The van der Waals surface area contributed by atoms with Crippen molar-refractivity contribution in [1.82, 2.24) is 0 Å². The Labute approximate surface area is 135 Å². The van der Waals surface area contributed by atoms with Crippen LogP contribution in [0, 0.1) is 0 Å². The Morgan fingerprint density at radius 1 is 0.522 bits per heavy atom. The summed E-state index contributed by atoms with van der Waals surface area (Å²) in [7, 11) is 0. The maximum Gasteiger partial charge on any atom is 0.100 e. The summed E-state index contributed by atoms with van der Waals surface area (Å²) in [4.78, 5) is 0. The molecule has 0 radical (unpaired) electrons. The molecule has 0 unspecified atom stereocenters. The number of aliphatic hydroxyl groups excluding tert-OH is 9. The molecule has 0 aromatic carbocycles. The van der Waals surface area contributed by atoms with E-state index in [4.69, 9.17) is 50.7 Å². The van der Waals surface area contributed by atoms with Crippen LogP contribution >= 0.6 is 0 Å². The van der Waals surface area contributed by atoms with E-state index in [1.165, 1.54) is 12.8 Å².